The third kappa shape index (κ3) is 6.66. The molecule has 0 atom stereocenters. The van der Waals surface area contributed by atoms with Gasteiger partial charge in [0.25, 0.3) is 0 Å². The van der Waals surface area contributed by atoms with Gasteiger partial charge in [-0.2, -0.15) is 0 Å². The van der Waals surface area contributed by atoms with E-state index in [0.717, 1.165) is 11.5 Å². The van der Waals surface area contributed by atoms with Crippen LogP contribution >= 0.6 is 11.8 Å². The Kier molecular flexibility index (Phi) is 8.39. The predicted molar refractivity (Wildman–Crippen MR) is 99.8 cm³/mol. The largest absolute Gasteiger partial charge is 0.462 e. The topological polar surface area (TPSA) is 93.5 Å². The average Bonchev–Trinajstić information content (AvgIpc) is 3.26. The van der Waals surface area contributed by atoms with Crippen molar-refractivity contribution in [3.05, 3.63) is 29.5 Å². The molecule has 26 heavy (non-hydrogen) atoms. The van der Waals surface area contributed by atoms with E-state index in [1.807, 2.05) is 25.1 Å². The van der Waals surface area contributed by atoms with Gasteiger partial charge in [0.15, 0.2) is 0 Å². The van der Waals surface area contributed by atoms with Crippen LogP contribution < -0.4 is 0 Å². The van der Waals surface area contributed by atoms with Gasteiger partial charge < -0.3 is 18.8 Å². The molecule has 1 amide bonds. The number of nitrogens with one attached hydrogen (secondary N) is 1. The van der Waals surface area contributed by atoms with Gasteiger partial charge in [-0.15, -0.1) is 5.10 Å². The molecular formula is C17H24N4O4S. The van der Waals surface area contributed by atoms with Crippen molar-refractivity contribution in [3.8, 4) is 0 Å². The van der Waals surface area contributed by atoms with E-state index in [9.17, 15) is 4.79 Å². The standard InChI is InChI=1S/C17H24N4O4S/c1-13-4-5-14(25-13)6-7-15-18-17(20-19-15)26-12-16(22)21(8-10-23-2)9-11-24-3/h4-7H,8-12H2,1-3H3,(H,18,19,20). The lowest BCUT2D eigenvalue weighted by Crippen LogP contribution is -2.37. The molecule has 2 rings (SSSR count). The molecular weight excluding hydrogens is 356 g/mol. The Morgan fingerprint density at radius 1 is 1.27 bits per heavy atom. The second-order valence-corrected chi connectivity index (χ2v) is 6.38. The Morgan fingerprint density at radius 2 is 2.00 bits per heavy atom. The highest BCUT2D eigenvalue weighted by molar-refractivity contribution is 7.99. The third-order valence-electron chi connectivity index (χ3n) is 3.46. The summed E-state index contributed by atoms with van der Waals surface area (Å²) in [6.07, 6.45) is 3.59. The molecule has 0 aliphatic carbocycles. The number of carbonyl (C=O) groups is 1. The molecule has 142 valence electrons. The maximum absolute atomic E-state index is 12.3. The van der Waals surface area contributed by atoms with Gasteiger partial charge in [-0.1, -0.05) is 11.8 Å². The van der Waals surface area contributed by atoms with Crippen molar-refractivity contribution in [1.82, 2.24) is 20.1 Å². The molecule has 2 heterocycles. The summed E-state index contributed by atoms with van der Waals surface area (Å²) in [5, 5.41) is 7.46. The van der Waals surface area contributed by atoms with E-state index < -0.39 is 0 Å². The predicted octanol–water partition coefficient (Wildman–Crippen LogP) is 2.09. The van der Waals surface area contributed by atoms with Gasteiger partial charge in [0.2, 0.25) is 11.1 Å². The summed E-state index contributed by atoms with van der Waals surface area (Å²) in [7, 11) is 3.22. The fourth-order valence-corrected chi connectivity index (χ4v) is 2.79. The van der Waals surface area contributed by atoms with E-state index in [0.29, 0.717) is 37.3 Å². The minimum Gasteiger partial charge on any atom is -0.462 e. The molecule has 0 spiro atoms. The fraction of sp³-hybridized carbons (Fsp3) is 0.471. The van der Waals surface area contributed by atoms with Crippen LogP contribution in [-0.2, 0) is 14.3 Å². The van der Waals surface area contributed by atoms with Crippen LogP contribution in [0.5, 0.6) is 0 Å². The molecule has 9 heteroatoms. The van der Waals surface area contributed by atoms with Crippen molar-refractivity contribution in [2.24, 2.45) is 0 Å². The number of nitrogens with zero attached hydrogens (tertiary/aromatic N) is 3. The first-order valence-electron chi connectivity index (χ1n) is 8.17. The average molecular weight is 380 g/mol. The summed E-state index contributed by atoms with van der Waals surface area (Å²) >= 11 is 1.29. The molecule has 0 saturated carbocycles. The first-order valence-corrected chi connectivity index (χ1v) is 9.16. The highest BCUT2D eigenvalue weighted by Gasteiger charge is 2.14. The zero-order valence-electron chi connectivity index (χ0n) is 15.2. The van der Waals surface area contributed by atoms with Crippen molar-refractivity contribution < 1.29 is 18.7 Å². The van der Waals surface area contributed by atoms with Crippen molar-refractivity contribution in [3.63, 3.8) is 0 Å². The molecule has 0 saturated heterocycles. The number of aromatic amines is 1. The molecule has 0 fully saturated rings. The lowest BCUT2D eigenvalue weighted by Gasteiger charge is -2.21. The Morgan fingerprint density at radius 3 is 2.62 bits per heavy atom. The monoisotopic (exact) mass is 380 g/mol. The molecule has 2 aromatic rings. The van der Waals surface area contributed by atoms with Crippen LogP contribution in [0.4, 0.5) is 0 Å². The number of amides is 1. The number of hydrogen-bond donors (Lipinski definition) is 1. The van der Waals surface area contributed by atoms with Crippen LogP contribution in [0.3, 0.4) is 0 Å². The Hall–Kier alpha value is -2.10. The van der Waals surface area contributed by atoms with E-state index in [-0.39, 0.29) is 11.7 Å². The number of rotatable bonds is 11. The SMILES string of the molecule is COCCN(CCOC)C(=O)CSc1n[nH]c(C=Cc2ccc(C)o2)n1. The molecule has 0 unspecified atom stereocenters. The van der Waals surface area contributed by atoms with Crippen LogP contribution in [0.2, 0.25) is 0 Å². The van der Waals surface area contributed by atoms with Crippen LogP contribution in [0, 0.1) is 6.92 Å². The second-order valence-electron chi connectivity index (χ2n) is 5.44. The van der Waals surface area contributed by atoms with E-state index in [2.05, 4.69) is 15.2 Å². The molecule has 2 aromatic heterocycles. The van der Waals surface area contributed by atoms with Crippen molar-refractivity contribution >= 4 is 29.8 Å². The van der Waals surface area contributed by atoms with Gasteiger partial charge in [0, 0.05) is 27.3 Å². The van der Waals surface area contributed by atoms with Crippen molar-refractivity contribution in [2.75, 3.05) is 46.3 Å². The highest BCUT2D eigenvalue weighted by atomic mass is 32.2. The van der Waals surface area contributed by atoms with E-state index in [1.165, 1.54) is 11.8 Å². The van der Waals surface area contributed by atoms with Crippen molar-refractivity contribution in [1.29, 1.82) is 0 Å². The maximum atomic E-state index is 12.3. The number of methoxy groups -OCH3 is 2. The van der Waals surface area contributed by atoms with Gasteiger partial charge in [-0.25, -0.2) is 4.98 Å². The molecule has 0 aliphatic rings. The van der Waals surface area contributed by atoms with Crippen LogP contribution in [-0.4, -0.2) is 72.3 Å². The summed E-state index contributed by atoms with van der Waals surface area (Å²) < 4.78 is 15.6. The Labute approximate surface area is 156 Å². The highest BCUT2D eigenvalue weighted by Crippen LogP contribution is 2.15. The molecule has 0 aromatic carbocycles. The van der Waals surface area contributed by atoms with Gasteiger partial charge in [0.1, 0.15) is 17.3 Å². The number of carbonyl (C=O) groups excluding carboxylic acids is 1. The van der Waals surface area contributed by atoms with Gasteiger partial charge >= 0.3 is 0 Å². The zero-order chi connectivity index (χ0) is 18.8. The van der Waals surface area contributed by atoms with E-state index in [1.54, 1.807) is 25.2 Å². The van der Waals surface area contributed by atoms with Crippen LogP contribution in [0.15, 0.2) is 21.7 Å². The number of hydrogen-bond acceptors (Lipinski definition) is 7. The molecule has 0 aliphatic heterocycles. The third-order valence-corrected chi connectivity index (χ3v) is 4.29. The lowest BCUT2D eigenvalue weighted by molar-refractivity contribution is -0.129. The minimum absolute atomic E-state index is 0.00273. The smallest absolute Gasteiger partial charge is 0.233 e. The van der Waals surface area contributed by atoms with Gasteiger partial charge in [0.05, 0.1) is 19.0 Å². The second kappa shape index (κ2) is 10.8. The number of thioether (sulfide) groups is 1. The summed E-state index contributed by atoms with van der Waals surface area (Å²) in [4.78, 5) is 18.4. The molecule has 0 radical (unpaired) electrons. The molecule has 8 nitrogen and oxygen atoms in total. The summed E-state index contributed by atoms with van der Waals surface area (Å²) in [6, 6.07) is 3.77. The summed E-state index contributed by atoms with van der Waals surface area (Å²) in [5.41, 5.74) is 0. The van der Waals surface area contributed by atoms with Crippen molar-refractivity contribution in [2.45, 2.75) is 12.1 Å². The lowest BCUT2D eigenvalue weighted by atomic mass is 10.4. The van der Waals surface area contributed by atoms with E-state index >= 15 is 0 Å². The first kappa shape index (κ1) is 20.2. The number of furan rings is 1. The fourth-order valence-electron chi connectivity index (χ4n) is 2.08. The van der Waals surface area contributed by atoms with Gasteiger partial charge in [-0.05, 0) is 31.2 Å². The van der Waals surface area contributed by atoms with Gasteiger partial charge in [-0.3, -0.25) is 9.89 Å². The molecule has 1 N–H and O–H groups in total. The quantitative estimate of drug-likeness (QED) is 0.597. The summed E-state index contributed by atoms with van der Waals surface area (Å²) in [6.45, 7) is 3.93. The van der Waals surface area contributed by atoms with E-state index in [4.69, 9.17) is 13.9 Å². The molecule has 0 bridgehead atoms. The number of aryl methyl sites for hydroxylation is 1. The maximum Gasteiger partial charge on any atom is 0.233 e. The summed E-state index contributed by atoms with van der Waals surface area (Å²) in [5.74, 6) is 2.45. The number of ether oxygens (including phenoxy) is 2. The normalized spacial score (nSPS) is 11.3. The Balaban J connectivity index is 1.85. The number of aromatic nitrogens is 3. The Bertz CT molecular complexity index is 705. The first-order chi connectivity index (χ1) is 12.6. The van der Waals surface area contributed by atoms with Crippen LogP contribution in [0.25, 0.3) is 12.2 Å². The zero-order valence-corrected chi connectivity index (χ0v) is 16.0. The van der Waals surface area contributed by atoms with Crippen LogP contribution in [0.1, 0.15) is 17.3 Å². The minimum atomic E-state index is -0.00273. The number of H-pyrrole nitrogens is 1.